The Balaban J connectivity index is 1.45. The summed E-state index contributed by atoms with van der Waals surface area (Å²) < 4.78 is 0. The fourth-order valence-corrected chi connectivity index (χ4v) is 4.86. The van der Waals surface area contributed by atoms with E-state index in [9.17, 15) is 0 Å². The molecule has 1 aliphatic carbocycles. The van der Waals surface area contributed by atoms with Crippen LogP contribution in [0.25, 0.3) is 0 Å². The molecule has 0 amide bonds. The van der Waals surface area contributed by atoms with E-state index in [1.165, 1.54) is 84.0 Å². The number of nitrogens with one attached hydrogen (secondary N) is 2. The van der Waals surface area contributed by atoms with E-state index in [1.807, 2.05) is 0 Å². The molecule has 0 aromatic heterocycles. The SMILES string of the molecule is CCCN1CCC(NC2CCCC2C2CCCCN2)CC1. The first kappa shape index (κ1) is 15.8. The van der Waals surface area contributed by atoms with Crippen molar-refractivity contribution in [2.24, 2.45) is 5.92 Å². The maximum atomic E-state index is 4.06. The molecule has 0 bridgehead atoms. The standard InChI is InChI=1S/C18H35N3/c1-2-12-21-13-9-15(10-14-21)20-18-8-5-6-16(18)17-7-3-4-11-19-17/h15-20H,2-14H2,1H3. The van der Waals surface area contributed by atoms with Crippen molar-refractivity contribution in [3.05, 3.63) is 0 Å². The Labute approximate surface area is 131 Å². The second kappa shape index (κ2) is 7.94. The Morgan fingerprint density at radius 3 is 2.57 bits per heavy atom. The monoisotopic (exact) mass is 293 g/mol. The van der Waals surface area contributed by atoms with Gasteiger partial charge in [-0.05, 0) is 77.0 Å². The molecule has 0 radical (unpaired) electrons. The third-order valence-electron chi connectivity index (χ3n) is 6.01. The molecule has 1 saturated carbocycles. The first-order valence-corrected chi connectivity index (χ1v) is 9.58. The molecule has 0 aromatic carbocycles. The van der Waals surface area contributed by atoms with E-state index in [0.29, 0.717) is 0 Å². The molecular weight excluding hydrogens is 258 g/mol. The Hall–Kier alpha value is -0.120. The van der Waals surface area contributed by atoms with Gasteiger partial charge in [-0.15, -0.1) is 0 Å². The third-order valence-corrected chi connectivity index (χ3v) is 6.01. The van der Waals surface area contributed by atoms with Gasteiger partial charge in [-0.1, -0.05) is 19.8 Å². The molecule has 21 heavy (non-hydrogen) atoms. The predicted octanol–water partition coefficient (Wildman–Crippen LogP) is 2.76. The molecule has 3 fully saturated rings. The second-order valence-electron chi connectivity index (χ2n) is 7.54. The van der Waals surface area contributed by atoms with Crippen molar-refractivity contribution in [3.63, 3.8) is 0 Å². The summed E-state index contributed by atoms with van der Waals surface area (Å²) in [5, 5.41) is 7.86. The maximum absolute atomic E-state index is 4.06. The molecular formula is C18H35N3. The van der Waals surface area contributed by atoms with Gasteiger partial charge in [-0.2, -0.15) is 0 Å². The maximum Gasteiger partial charge on any atom is 0.0113 e. The minimum Gasteiger partial charge on any atom is -0.314 e. The summed E-state index contributed by atoms with van der Waals surface area (Å²) in [6, 6.07) is 2.38. The number of nitrogens with zero attached hydrogens (tertiary/aromatic N) is 1. The van der Waals surface area contributed by atoms with Crippen LogP contribution in [0.2, 0.25) is 0 Å². The van der Waals surface area contributed by atoms with Crippen LogP contribution < -0.4 is 10.6 Å². The molecule has 3 nitrogen and oxygen atoms in total. The van der Waals surface area contributed by atoms with Gasteiger partial charge in [0.15, 0.2) is 0 Å². The summed E-state index contributed by atoms with van der Waals surface area (Å²) >= 11 is 0. The lowest BCUT2D eigenvalue weighted by molar-refractivity contribution is 0.175. The minimum absolute atomic E-state index is 0.785. The highest BCUT2D eigenvalue weighted by molar-refractivity contribution is 4.94. The van der Waals surface area contributed by atoms with E-state index in [4.69, 9.17) is 0 Å². The van der Waals surface area contributed by atoms with Crippen LogP contribution in [0.4, 0.5) is 0 Å². The number of hydrogen-bond acceptors (Lipinski definition) is 3. The van der Waals surface area contributed by atoms with Crippen molar-refractivity contribution in [2.45, 2.75) is 82.8 Å². The summed E-state index contributed by atoms with van der Waals surface area (Å²) in [5.41, 5.74) is 0. The third kappa shape index (κ3) is 4.20. The second-order valence-corrected chi connectivity index (χ2v) is 7.54. The summed E-state index contributed by atoms with van der Waals surface area (Å²) in [6.45, 7) is 7.47. The van der Waals surface area contributed by atoms with Crippen LogP contribution >= 0.6 is 0 Å². The minimum atomic E-state index is 0.785. The molecule has 3 rings (SSSR count). The molecule has 2 heterocycles. The number of rotatable bonds is 5. The fraction of sp³-hybridized carbons (Fsp3) is 1.00. The molecule has 2 saturated heterocycles. The molecule has 122 valence electrons. The van der Waals surface area contributed by atoms with Crippen molar-refractivity contribution in [1.82, 2.24) is 15.5 Å². The molecule has 3 unspecified atom stereocenters. The lowest BCUT2D eigenvalue weighted by Gasteiger charge is -2.37. The van der Waals surface area contributed by atoms with Crippen LogP contribution in [0, 0.1) is 5.92 Å². The Kier molecular flexibility index (Phi) is 5.96. The molecule has 0 spiro atoms. The van der Waals surface area contributed by atoms with Crippen molar-refractivity contribution in [2.75, 3.05) is 26.2 Å². The van der Waals surface area contributed by atoms with Gasteiger partial charge in [0, 0.05) is 18.1 Å². The lowest BCUT2D eigenvalue weighted by atomic mass is 9.87. The van der Waals surface area contributed by atoms with E-state index < -0.39 is 0 Å². The zero-order valence-electron chi connectivity index (χ0n) is 13.9. The van der Waals surface area contributed by atoms with Gasteiger partial charge in [0.1, 0.15) is 0 Å². The molecule has 3 atom stereocenters. The first-order chi connectivity index (χ1) is 10.4. The van der Waals surface area contributed by atoms with Crippen LogP contribution in [0.5, 0.6) is 0 Å². The molecule has 3 heteroatoms. The Morgan fingerprint density at radius 2 is 1.86 bits per heavy atom. The number of piperidine rings is 2. The number of likely N-dealkylation sites (tertiary alicyclic amines) is 1. The highest BCUT2D eigenvalue weighted by Gasteiger charge is 2.35. The van der Waals surface area contributed by atoms with E-state index >= 15 is 0 Å². The average molecular weight is 293 g/mol. The topological polar surface area (TPSA) is 27.3 Å². The zero-order chi connectivity index (χ0) is 14.5. The largest absolute Gasteiger partial charge is 0.314 e. The van der Waals surface area contributed by atoms with Crippen LogP contribution in [0.15, 0.2) is 0 Å². The van der Waals surface area contributed by atoms with Gasteiger partial charge < -0.3 is 15.5 Å². The molecule has 0 aromatic rings. The Morgan fingerprint density at radius 1 is 1.00 bits per heavy atom. The summed E-state index contributed by atoms with van der Waals surface area (Å²) in [7, 11) is 0. The molecule has 3 aliphatic rings. The van der Waals surface area contributed by atoms with Crippen molar-refractivity contribution in [3.8, 4) is 0 Å². The van der Waals surface area contributed by atoms with Gasteiger partial charge in [0.05, 0.1) is 0 Å². The average Bonchev–Trinajstić information content (AvgIpc) is 2.98. The zero-order valence-corrected chi connectivity index (χ0v) is 13.9. The highest BCUT2D eigenvalue weighted by atomic mass is 15.1. The van der Waals surface area contributed by atoms with Gasteiger partial charge in [-0.25, -0.2) is 0 Å². The van der Waals surface area contributed by atoms with Crippen LogP contribution in [0.3, 0.4) is 0 Å². The van der Waals surface area contributed by atoms with Gasteiger partial charge >= 0.3 is 0 Å². The highest BCUT2D eigenvalue weighted by Crippen LogP contribution is 2.32. The van der Waals surface area contributed by atoms with Crippen LogP contribution in [-0.4, -0.2) is 49.2 Å². The Bertz CT molecular complexity index is 293. The summed E-state index contributed by atoms with van der Waals surface area (Å²) in [4.78, 5) is 2.65. The molecule has 2 N–H and O–H groups in total. The fourth-order valence-electron chi connectivity index (χ4n) is 4.86. The van der Waals surface area contributed by atoms with Gasteiger partial charge in [-0.3, -0.25) is 0 Å². The van der Waals surface area contributed by atoms with Gasteiger partial charge in [0.2, 0.25) is 0 Å². The van der Waals surface area contributed by atoms with E-state index in [2.05, 4.69) is 22.5 Å². The van der Waals surface area contributed by atoms with Gasteiger partial charge in [0.25, 0.3) is 0 Å². The normalized spacial score (nSPS) is 36.1. The van der Waals surface area contributed by atoms with E-state index in [0.717, 1.165) is 24.0 Å². The van der Waals surface area contributed by atoms with E-state index in [-0.39, 0.29) is 0 Å². The summed E-state index contributed by atoms with van der Waals surface area (Å²) in [6.07, 6.45) is 12.6. The van der Waals surface area contributed by atoms with Crippen molar-refractivity contribution in [1.29, 1.82) is 0 Å². The first-order valence-electron chi connectivity index (χ1n) is 9.58. The predicted molar refractivity (Wildman–Crippen MR) is 89.7 cm³/mol. The van der Waals surface area contributed by atoms with Crippen molar-refractivity contribution < 1.29 is 0 Å². The quantitative estimate of drug-likeness (QED) is 0.816. The van der Waals surface area contributed by atoms with Crippen molar-refractivity contribution >= 4 is 0 Å². The van der Waals surface area contributed by atoms with E-state index in [1.54, 1.807) is 0 Å². The van der Waals surface area contributed by atoms with Crippen LogP contribution in [-0.2, 0) is 0 Å². The summed E-state index contributed by atoms with van der Waals surface area (Å²) in [5.74, 6) is 0.902. The smallest absolute Gasteiger partial charge is 0.0113 e. The molecule has 2 aliphatic heterocycles. The van der Waals surface area contributed by atoms with Crippen LogP contribution in [0.1, 0.15) is 64.7 Å². The lowest BCUT2D eigenvalue weighted by Crippen LogP contribution is -2.51. The number of hydrogen-bond donors (Lipinski definition) is 2.